The first-order valence-corrected chi connectivity index (χ1v) is 11.1. The summed E-state index contributed by atoms with van der Waals surface area (Å²) in [7, 11) is 0. The number of thioether (sulfide) groups is 1. The van der Waals surface area contributed by atoms with Crippen LogP contribution in [-0.4, -0.2) is 26.2 Å². The summed E-state index contributed by atoms with van der Waals surface area (Å²) in [6.07, 6.45) is 0. The monoisotopic (exact) mass is 464 g/mol. The van der Waals surface area contributed by atoms with Crippen molar-refractivity contribution < 1.29 is 14.1 Å². The minimum Gasteiger partial charge on any atom is -0.489 e. The van der Waals surface area contributed by atoms with Crippen LogP contribution in [0.15, 0.2) is 84.0 Å². The molecule has 0 spiro atoms. The Labute approximate surface area is 194 Å². The molecule has 1 aromatic heterocycles. The Kier molecular flexibility index (Phi) is 6.99. The van der Waals surface area contributed by atoms with Crippen molar-refractivity contribution >= 4 is 11.8 Å². The quantitative estimate of drug-likeness (QED) is 0.187. The van der Waals surface area contributed by atoms with Gasteiger partial charge in [-0.3, -0.25) is 14.7 Å². The molecule has 0 saturated carbocycles. The molecule has 0 amide bonds. The van der Waals surface area contributed by atoms with Gasteiger partial charge in [-0.15, -0.1) is 10.2 Å². The molecule has 0 saturated heterocycles. The van der Waals surface area contributed by atoms with Gasteiger partial charge in [0.15, 0.2) is 5.16 Å². The van der Waals surface area contributed by atoms with Crippen LogP contribution < -0.4 is 4.74 Å². The fraction of sp³-hybridized carbons (Fsp3) is 0.167. The summed E-state index contributed by atoms with van der Waals surface area (Å²) in [5.41, 5.74) is 2.38. The van der Waals surface area contributed by atoms with E-state index in [1.807, 2.05) is 41.8 Å². The van der Waals surface area contributed by atoms with E-state index in [0.717, 1.165) is 16.8 Å². The van der Waals surface area contributed by atoms with Gasteiger partial charge in [0.2, 0.25) is 6.54 Å². The molecule has 0 N–H and O–H groups in total. The van der Waals surface area contributed by atoms with Gasteiger partial charge in [0.1, 0.15) is 29.2 Å². The molecule has 0 bridgehead atoms. The number of nitro groups is 1. The third-order valence-electron chi connectivity index (χ3n) is 4.92. The zero-order chi connectivity index (χ0) is 23.2. The topological polar surface area (TPSA) is 83.1 Å². The fourth-order valence-electron chi connectivity index (χ4n) is 3.34. The van der Waals surface area contributed by atoms with E-state index in [-0.39, 0.29) is 23.9 Å². The highest BCUT2D eigenvalue weighted by atomic mass is 32.2. The van der Waals surface area contributed by atoms with E-state index < -0.39 is 5.25 Å². The first kappa shape index (κ1) is 22.5. The fourth-order valence-corrected chi connectivity index (χ4v) is 4.51. The number of rotatable bonds is 9. The summed E-state index contributed by atoms with van der Waals surface area (Å²) in [6, 6.07) is 23.0. The number of halogens is 1. The van der Waals surface area contributed by atoms with Crippen molar-refractivity contribution in [1.29, 1.82) is 0 Å². The van der Waals surface area contributed by atoms with Gasteiger partial charge in [-0.1, -0.05) is 54.2 Å². The van der Waals surface area contributed by atoms with Crippen molar-refractivity contribution in [1.82, 2.24) is 14.8 Å². The van der Waals surface area contributed by atoms with E-state index in [9.17, 15) is 14.5 Å². The van der Waals surface area contributed by atoms with E-state index in [4.69, 9.17) is 4.74 Å². The predicted octanol–water partition coefficient (Wildman–Crippen LogP) is 5.40. The van der Waals surface area contributed by atoms with Crippen molar-refractivity contribution in [2.24, 2.45) is 0 Å². The zero-order valence-corrected chi connectivity index (χ0v) is 18.6. The largest absolute Gasteiger partial charge is 0.489 e. The number of ether oxygens (including phenoxy) is 1. The van der Waals surface area contributed by atoms with Gasteiger partial charge in [0.25, 0.3) is 0 Å². The van der Waals surface area contributed by atoms with Crippen LogP contribution in [0, 0.1) is 22.9 Å². The smallest absolute Gasteiger partial charge is 0.220 e. The normalized spacial score (nSPS) is 11.8. The Morgan fingerprint density at radius 1 is 1.06 bits per heavy atom. The molecule has 33 heavy (non-hydrogen) atoms. The van der Waals surface area contributed by atoms with Crippen LogP contribution in [-0.2, 0) is 6.61 Å². The molecule has 0 aliphatic carbocycles. The molecule has 1 heterocycles. The first-order valence-electron chi connectivity index (χ1n) is 10.2. The Balaban J connectivity index is 1.52. The van der Waals surface area contributed by atoms with Gasteiger partial charge in [-0.25, -0.2) is 4.39 Å². The molecule has 168 valence electrons. The number of para-hydroxylation sites is 1. The first-order chi connectivity index (χ1) is 16.0. The summed E-state index contributed by atoms with van der Waals surface area (Å²) in [6.45, 7) is 1.80. The van der Waals surface area contributed by atoms with E-state index in [1.54, 1.807) is 36.4 Å². The maximum absolute atomic E-state index is 13.3. The summed E-state index contributed by atoms with van der Waals surface area (Å²) in [5, 5.41) is 19.9. The second kappa shape index (κ2) is 10.3. The lowest BCUT2D eigenvalue weighted by atomic mass is 10.1. The van der Waals surface area contributed by atoms with Crippen LogP contribution >= 0.6 is 11.8 Å². The predicted molar refractivity (Wildman–Crippen MR) is 124 cm³/mol. The minimum absolute atomic E-state index is 0.226. The molecule has 1 atom stereocenters. The second-order valence-corrected chi connectivity index (χ2v) is 8.48. The second-order valence-electron chi connectivity index (χ2n) is 7.31. The highest BCUT2D eigenvalue weighted by Crippen LogP contribution is 2.36. The Bertz CT molecular complexity index is 1230. The molecular weight excluding hydrogens is 443 g/mol. The molecule has 9 heteroatoms. The average Bonchev–Trinajstić information content (AvgIpc) is 3.18. The maximum Gasteiger partial charge on any atom is 0.220 e. The molecule has 0 fully saturated rings. The van der Waals surface area contributed by atoms with Crippen molar-refractivity contribution in [3.63, 3.8) is 0 Å². The lowest BCUT2D eigenvalue weighted by Crippen LogP contribution is -2.11. The molecule has 4 rings (SSSR count). The van der Waals surface area contributed by atoms with Crippen LogP contribution in [0.3, 0.4) is 0 Å². The van der Waals surface area contributed by atoms with Crippen LogP contribution in [0.1, 0.15) is 22.2 Å². The van der Waals surface area contributed by atoms with Gasteiger partial charge in [0, 0.05) is 10.6 Å². The van der Waals surface area contributed by atoms with Crippen molar-refractivity contribution in [2.75, 3.05) is 6.54 Å². The molecule has 4 aromatic rings. The SMILES string of the molecule is Cc1nnc(S[C@H](C[N+](=O)[O-])c2ccc(OCc3cccc(F)c3)cc2)n1-c1ccccc1. The van der Waals surface area contributed by atoms with Crippen molar-refractivity contribution in [3.8, 4) is 11.4 Å². The van der Waals surface area contributed by atoms with Gasteiger partial charge >= 0.3 is 0 Å². The van der Waals surface area contributed by atoms with Crippen LogP contribution in [0.2, 0.25) is 0 Å². The lowest BCUT2D eigenvalue weighted by Gasteiger charge is -2.15. The number of nitrogens with zero attached hydrogens (tertiary/aromatic N) is 4. The molecule has 3 aromatic carbocycles. The highest BCUT2D eigenvalue weighted by molar-refractivity contribution is 7.99. The number of benzene rings is 3. The Hall–Kier alpha value is -3.72. The molecule has 0 aliphatic rings. The van der Waals surface area contributed by atoms with Gasteiger partial charge in [0.05, 0.1) is 0 Å². The van der Waals surface area contributed by atoms with Crippen molar-refractivity contribution in [2.45, 2.75) is 23.9 Å². The van der Waals surface area contributed by atoms with Gasteiger partial charge in [-0.2, -0.15) is 0 Å². The summed E-state index contributed by atoms with van der Waals surface area (Å²) < 4.78 is 20.9. The molecule has 7 nitrogen and oxygen atoms in total. The minimum atomic E-state index is -0.469. The zero-order valence-electron chi connectivity index (χ0n) is 17.8. The van der Waals surface area contributed by atoms with E-state index in [2.05, 4.69) is 10.2 Å². The average molecular weight is 465 g/mol. The molecule has 0 aliphatic heterocycles. The Morgan fingerprint density at radius 3 is 2.52 bits per heavy atom. The molecule has 0 unspecified atom stereocenters. The van der Waals surface area contributed by atoms with Gasteiger partial charge < -0.3 is 4.74 Å². The maximum atomic E-state index is 13.3. The summed E-state index contributed by atoms with van der Waals surface area (Å²) >= 11 is 1.30. The number of aryl methyl sites for hydroxylation is 1. The number of aromatic nitrogens is 3. The third-order valence-corrected chi connectivity index (χ3v) is 6.10. The van der Waals surface area contributed by atoms with Crippen LogP contribution in [0.25, 0.3) is 5.69 Å². The molecular formula is C24H21FN4O3S. The highest BCUT2D eigenvalue weighted by Gasteiger charge is 2.23. The summed E-state index contributed by atoms with van der Waals surface area (Å²) in [5.74, 6) is 0.977. The summed E-state index contributed by atoms with van der Waals surface area (Å²) in [4.78, 5) is 11.1. The Morgan fingerprint density at radius 2 is 1.82 bits per heavy atom. The molecule has 0 radical (unpaired) electrons. The van der Waals surface area contributed by atoms with Crippen LogP contribution in [0.5, 0.6) is 5.75 Å². The number of hydrogen-bond donors (Lipinski definition) is 0. The van der Waals surface area contributed by atoms with Crippen molar-refractivity contribution in [3.05, 3.63) is 112 Å². The lowest BCUT2D eigenvalue weighted by molar-refractivity contribution is -0.479. The van der Waals surface area contributed by atoms with E-state index in [0.29, 0.717) is 16.7 Å². The van der Waals surface area contributed by atoms with Crippen LogP contribution in [0.4, 0.5) is 4.39 Å². The number of hydrogen-bond acceptors (Lipinski definition) is 6. The van der Waals surface area contributed by atoms with Gasteiger partial charge in [-0.05, 0) is 54.4 Å². The standard InChI is InChI=1S/C24H21FN4O3S/c1-17-26-27-24(29(17)21-8-3-2-4-9-21)33-23(15-28(30)31)19-10-12-22(13-11-19)32-16-18-6-5-7-20(25)14-18/h2-14,23H,15-16H2,1H3/t23-/m1/s1. The van der Waals surface area contributed by atoms with E-state index >= 15 is 0 Å². The van der Waals surface area contributed by atoms with E-state index in [1.165, 1.54) is 23.9 Å². The third kappa shape index (κ3) is 5.75.